The second-order valence-corrected chi connectivity index (χ2v) is 3.07. The minimum Gasteiger partial charge on any atom is -0.683 e. The molecule has 0 aromatic rings. The molecular formula is C4H18B2N2. The van der Waals surface area contributed by atoms with Gasteiger partial charge < -0.3 is 9.12 Å². The lowest BCUT2D eigenvalue weighted by atomic mass is 9.96. The highest BCUT2D eigenvalue weighted by Crippen LogP contribution is 1.74. The van der Waals surface area contributed by atoms with Gasteiger partial charge in [-0.2, -0.15) is 0 Å². The van der Waals surface area contributed by atoms with Gasteiger partial charge in [0.05, 0.1) is 0 Å². The molecule has 0 aromatic heterocycles. The van der Waals surface area contributed by atoms with E-state index < -0.39 is 0 Å². The van der Waals surface area contributed by atoms with Crippen molar-refractivity contribution in [3.63, 3.8) is 0 Å². The smallest absolute Gasteiger partial charge is 0.343 e. The van der Waals surface area contributed by atoms with Crippen LogP contribution in [0.5, 0.6) is 0 Å². The molecule has 0 bridgehead atoms. The molecule has 4 heteroatoms. The molecule has 0 saturated carbocycles. The Kier molecular flexibility index (Phi) is 2.57. The quantitative estimate of drug-likeness (QED) is 0.357. The Morgan fingerprint density at radius 2 is 1.75 bits per heavy atom. The average Bonchev–Trinajstić information content (AvgIpc) is 1.21. The summed E-state index contributed by atoms with van der Waals surface area (Å²) < 4.78 is 1.42. The highest BCUT2D eigenvalue weighted by Gasteiger charge is 1.97. The maximum atomic E-state index is 2.37. The summed E-state index contributed by atoms with van der Waals surface area (Å²) in [6.07, 6.45) is 0. The van der Waals surface area contributed by atoms with Gasteiger partial charge in [-0.15, -0.1) is 0 Å². The van der Waals surface area contributed by atoms with Crippen molar-refractivity contribution in [3.8, 4) is 0 Å². The van der Waals surface area contributed by atoms with E-state index in [4.69, 9.17) is 0 Å². The zero-order chi connectivity index (χ0) is 6.78. The van der Waals surface area contributed by atoms with E-state index in [9.17, 15) is 0 Å². The first-order chi connectivity index (χ1) is 3.42. The molecule has 2 nitrogen and oxygen atoms in total. The number of quaternary nitrogens is 2. The van der Waals surface area contributed by atoms with Crippen LogP contribution in [0.15, 0.2) is 0 Å². The van der Waals surface area contributed by atoms with Gasteiger partial charge in [0.15, 0.2) is 0 Å². The van der Waals surface area contributed by atoms with E-state index in [1.807, 2.05) is 0 Å². The molecule has 0 aliphatic heterocycles. The lowest BCUT2D eigenvalue weighted by molar-refractivity contribution is -0.819. The first-order valence-electron chi connectivity index (χ1n) is 2.84. The lowest BCUT2D eigenvalue weighted by Gasteiger charge is -2.43. The van der Waals surface area contributed by atoms with Crippen molar-refractivity contribution in [2.75, 3.05) is 28.2 Å². The van der Waals surface area contributed by atoms with E-state index in [2.05, 4.69) is 28.2 Å². The van der Waals surface area contributed by atoms with Crippen LogP contribution in [-0.4, -0.2) is 48.0 Å². The Morgan fingerprint density at radius 1 is 1.38 bits per heavy atom. The Labute approximate surface area is 53.8 Å². The van der Waals surface area contributed by atoms with Crippen LogP contribution in [-0.2, 0) is 0 Å². The molecule has 0 spiro atoms. The van der Waals surface area contributed by atoms with Crippen LogP contribution < -0.4 is 4.81 Å². The number of nitrogens with one attached hydrogen (secondary N) is 1. The van der Waals surface area contributed by atoms with Crippen LogP contribution in [0.1, 0.15) is 0 Å². The Morgan fingerprint density at radius 3 is 1.75 bits per heavy atom. The van der Waals surface area contributed by atoms with Gasteiger partial charge in [-0.1, -0.05) is 0 Å². The van der Waals surface area contributed by atoms with E-state index in [1.165, 1.54) is 4.31 Å². The minimum atomic E-state index is 0.264. The van der Waals surface area contributed by atoms with E-state index in [-0.39, 0.29) is 7.55 Å². The average molecular weight is 116 g/mol. The first-order valence-corrected chi connectivity index (χ1v) is 2.84. The highest BCUT2D eigenvalue weighted by atomic mass is 15.2. The Balaban J connectivity index is 3.39. The normalized spacial score (nSPS) is 12.8. The van der Waals surface area contributed by atoms with Crippen LogP contribution in [0, 0.1) is 0 Å². The van der Waals surface area contributed by atoms with Crippen molar-refractivity contribution >= 4 is 15.5 Å². The van der Waals surface area contributed by atoms with Crippen molar-refractivity contribution in [2.24, 2.45) is 0 Å². The van der Waals surface area contributed by atoms with Crippen LogP contribution in [0.25, 0.3) is 0 Å². The number of hydrogen-bond donors (Lipinski definition) is 1. The fraction of sp³-hybridized carbons (Fsp3) is 1.00. The first kappa shape index (κ1) is 8.05. The van der Waals surface area contributed by atoms with Gasteiger partial charge in [0.25, 0.3) is 0 Å². The second-order valence-electron chi connectivity index (χ2n) is 3.07. The second kappa shape index (κ2) is 2.55. The van der Waals surface area contributed by atoms with Gasteiger partial charge in [0.2, 0.25) is 0 Å². The van der Waals surface area contributed by atoms with Crippen molar-refractivity contribution < 1.29 is 9.12 Å². The molecule has 0 atom stereocenters. The van der Waals surface area contributed by atoms with E-state index in [0.717, 1.165) is 0 Å². The predicted molar refractivity (Wildman–Crippen MR) is 43.4 cm³/mol. The SMILES string of the molecule is [BH3-][N+](C)(C)[BH2-][NH+](C)C. The third-order valence-corrected chi connectivity index (χ3v) is 0.894. The van der Waals surface area contributed by atoms with Gasteiger partial charge in [0.1, 0.15) is 7.98 Å². The molecule has 0 aliphatic rings. The summed E-state index contributed by atoms with van der Waals surface area (Å²) in [6.45, 7) is 0. The van der Waals surface area contributed by atoms with E-state index in [0.29, 0.717) is 7.98 Å². The minimum absolute atomic E-state index is 0.264. The van der Waals surface area contributed by atoms with Crippen molar-refractivity contribution in [1.82, 2.24) is 0 Å². The summed E-state index contributed by atoms with van der Waals surface area (Å²) in [5.74, 6) is 0. The summed E-state index contributed by atoms with van der Waals surface area (Å²) in [4.78, 5) is 1.69. The maximum Gasteiger partial charge on any atom is 0.343 e. The van der Waals surface area contributed by atoms with Crippen LogP contribution in [0.2, 0.25) is 0 Å². The Bertz CT molecular complexity index is 66.9. The molecule has 0 unspecified atom stereocenters. The number of nitrogens with zero attached hydrogens (tertiary/aromatic N) is 1. The molecule has 8 heavy (non-hydrogen) atoms. The van der Waals surface area contributed by atoms with Crippen molar-refractivity contribution in [3.05, 3.63) is 0 Å². The molecular weight excluding hydrogens is 97.7 g/mol. The molecule has 50 valence electrons. The van der Waals surface area contributed by atoms with Gasteiger partial charge in [-0.05, 0) is 14.1 Å². The van der Waals surface area contributed by atoms with E-state index in [1.54, 1.807) is 4.81 Å². The monoisotopic (exact) mass is 116 g/mol. The lowest BCUT2D eigenvalue weighted by Crippen LogP contribution is -3.11. The molecule has 0 amide bonds. The van der Waals surface area contributed by atoms with Gasteiger partial charge in [-0.3, -0.25) is 0 Å². The van der Waals surface area contributed by atoms with Gasteiger partial charge in [0, 0.05) is 14.1 Å². The Hall–Kier alpha value is 0.0499. The molecule has 0 rings (SSSR count). The third-order valence-electron chi connectivity index (χ3n) is 0.894. The molecule has 0 aromatic carbocycles. The summed E-state index contributed by atoms with van der Waals surface area (Å²) in [5, 5.41) is 0. The largest absolute Gasteiger partial charge is 0.683 e. The summed E-state index contributed by atoms with van der Waals surface area (Å²) in [6, 6.07) is 0. The van der Waals surface area contributed by atoms with Crippen LogP contribution in [0.3, 0.4) is 0 Å². The highest BCUT2D eigenvalue weighted by molar-refractivity contribution is 6.23. The zero-order valence-corrected chi connectivity index (χ0v) is 5.95. The van der Waals surface area contributed by atoms with Crippen LogP contribution >= 0.6 is 0 Å². The van der Waals surface area contributed by atoms with Crippen molar-refractivity contribution in [1.29, 1.82) is 0 Å². The topological polar surface area (TPSA) is 4.44 Å². The molecule has 0 radical (unpaired) electrons. The molecule has 0 heterocycles. The standard InChI is InChI=1S/C4H18B2N2/c1-7(2)6-8(3,4)5/h7H,6H2,1-5H3. The van der Waals surface area contributed by atoms with Gasteiger partial charge >= 0.3 is 7.55 Å². The molecule has 0 aliphatic carbocycles. The fourth-order valence-electron chi connectivity index (χ4n) is 0.894. The molecule has 1 N–H and O–H groups in total. The zero-order valence-electron chi connectivity index (χ0n) is 5.95. The number of hydrogen-bond acceptors (Lipinski definition) is 0. The summed E-state index contributed by atoms with van der Waals surface area (Å²) in [7, 11) is 10.1. The maximum absolute atomic E-state index is 2.37. The van der Waals surface area contributed by atoms with E-state index >= 15 is 0 Å². The third kappa shape index (κ3) is 6.05. The fourth-order valence-corrected chi connectivity index (χ4v) is 0.894. The predicted octanol–water partition coefficient (Wildman–Crippen LogP) is -3.51. The molecule has 0 saturated heterocycles. The number of rotatable bonds is 2. The van der Waals surface area contributed by atoms with Crippen molar-refractivity contribution in [2.45, 2.75) is 0 Å². The van der Waals surface area contributed by atoms with Gasteiger partial charge in [-0.25, -0.2) is 0 Å². The van der Waals surface area contributed by atoms with Crippen LogP contribution in [0.4, 0.5) is 0 Å². The molecule has 0 fully saturated rings. The summed E-state index contributed by atoms with van der Waals surface area (Å²) >= 11 is 0. The summed E-state index contributed by atoms with van der Waals surface area (Å²) in [5.41, 5.74) is 0.